The van der Waals surface area contributed by atoms with Crippen LogP contribution in [0.15, 0.2) is 54.6 Å². The zero-order valence-corrected chi connectivity index (χ0v) is 18.8. The number of nitrogens with zero attached hydrogens (tertiary/aromatic N) is 1. The molecule has 1 aliphatic heterocycles. The fourth-order valence-corrected chi connectivity index (χ4v) is 4.67. The van der Waals surface area contributed by atoms with Crippen molar-refractivity contribution in [2.24, 2.45) is 11.7 Å². The first-order chi connectivity index (χ1) is 15.8. The minimum absolute atomic E-state index is 0.0201. The number of rotatable bonds is 10. The Labute approximate surface area is 194 Å². The van der Waals surface area contributed by atoms with Gasteiger partial charge in [-0.1, -0.05) is 48.5 Å². The Hall–Kier alpha value is -3.19. The lowest BCUT2D eigenvalue weighted by Gasteiger charge is -2.40. The molecule has 0 bridgehead atoms. The summed E-state index contributed by atoms with van der Waals surface area (Å²) in [6, 6.07) is 17.2. The van der Waals surface area contributed by atoms with Gasteiger partial charge in [-0.15, -0.1) is 0 Å². The highest BCUT2D eigenvalue weighted by atomic mass is 16.4. The molecule has 33 heavy (non-hydrogen) atoms. The van der Waals surface area contributed by atoms with E-state index in [1.54, 1.807) is 4.90 Å². The fourth-order valence-electron chi connectivity index (χ4n) is 4.67. The SMILES string of the molecule is NC1(C(CCc2ccccc2)C(=O)O)CCCc2ccccc2N(CCCCC(=O)O)C1=O. The van der Waals surface area contributed by atoms with Gasteiger partial charge in [-0.3, -0.25) is 14.4 Å². The molecule has 176 valence electrons. The Morgan fingerprint density at radius 3 is 2.42 bits per heavy atom. The quantitative estimate of drug-likeness (QED) is 0.473. The van der Waals surface area contributed by atoms with Gasteiger partial charge in [0.15, 0.2) is 0 Å². The van der Waals surface area contributed by atoms with Crippen molar-refractivity contribution in [1.82, 2.24) is 0 Å². The summed E-state index contributed by atoms with van der Waals surface area (Å²) < 4.78 is 0. The molecule has 0 saturated heterocycles. The van der Waals surface area contributed by atoms with E-state index in [-0.39, 0.29) is 19.3 Å². The summed E-state index contributed by atoms with van der Waals surface area (Å²) in [6.07, 6.45) is 3.29. The molecule has 7 nitrogen and oxygen atoms in total. The molecule has 0 radical (unpaired) electrons. The third-order valence-electron chi connectivity index (χ3n) is 6.47. The molecule has 0 aliphatic carbocycles. The molecule has 0 saturated carbocycles. The fraction of sp³-hybridized carbons (Fsp3) is 0.423. The number of carboxylic acids is 2. The van der Waals surface area contributed by atoms with E-state index in [4.69, 9.17) is 10.8 Å². The molecule has 3 rings (SSSR count). The van der Waals surface area contributed by atoms with Crippen molar-refractivity contribution in [2.75, 3.05) is 11.4 Å². The van der Waals surface area contributed by atoms with Gasteiger partial charge in [0.05, 0.1) is 5.92 Å². The van der Waals surface area contributed by atoms with Crippen molar-refractivity contribution in [1.29, 1.82) is 0 Å². The van der Waals surface area contributed by atoms with Gasteiger partial charge < -0.3 is 20.8 Å². The van der Waals surface area contributed by atoms with E-state index in [0.29, 0.717) is 38.6 Å². The number of hydrogen-bond donors (Lipinski definition) is 3. The van der Waals surface area contributed by atoms with Crippen molar-refractivity contribution in [3.05, 3.63) is 65.7 Å². The minimum Gasteiger partial charge on any atom is -0.481 e. The van der Waals surface area contributed by atoms with Crippen molar-refractivity contribution >= 4 is 23.5 Å². The number of aryl methyl sites for hydroxylation is 2. The predicted octanol–water partition coefficient (Wildman–Crippen LogP) is 3.64. The van der Waals surface area contributed by atoms with Crippen LogP contribution in [-0.2, 0) is 27.2 Å². The zero-order chi connectivity index (χ0) is 23.8. The van der Waals surface area contributed by atoms with E-state index in [1.165, 1.54) is 0 Å². The standard InChI is InChI=1S/C26H32N2O5/c27-26(21(24(31)32)16-15-19-9-2-1-3-10-19)17-8-12-20-11-4-5-13-22(20)28(25(26)33)18-7-6-14-23(29)30/h1-5,9-11,13,21H,6-8,12,14-18,27H2,(H,29,30)(H,31,32). The number of nitrogens with two attached hydrogens (primary N) is 1. The van der Waals surface area contributed by atoms with Crippen molar-refractivity contribution in [3.63, 3.8) is 0 Å². The van der Waals surface area contributed by atoms with Crippen LogP contribution in [0, 0.1) is 5.92 Å². The molecule has 1 aliphatic rings. The van der Waals surface area contributed by atoms with Gasteiger partial charge in [0, 0.05) is 18.7 Å². The van der Waals surface area contributed by atoms with Crippen LogP contribution < -0.4 is 10.6 Å². The van der Waals surface area contributed by atoms with Crippen LogP contribution in [0.1, 0.15) is 49.7 Å². The molecular weight excluding hydrogens is 420 g/mol. The molecule has 1 heterocycles. The lowest BCUT2D eigenvalue weighted by atomic mass is 9.75. The minimum atomic E-state index is -1.54. The Balaban J connectivity index is 1.89. The second kappa shape index (κ2) is 11.1. The smallest absolute Gasteiger partial charge is 0.308 e. The first kappa shape index (κ1) is 24.5. The number of amides is 1. The second-order valence-electron chi connectivity index (χ2n) is 8.75. The average Bonchev–Trinajstić information content (AvgIpc) is 2.79. The molecule has 2 aromatic rings. The normalized spacial score (nSPS) is 19.3. The second-order valence-corrected chi connectivity index (χ2v) is 8.75. The number of benzene rings is 2. The van der Waals surface area contributed by atoms with E-state index in [0.717, 1.165) is 16.8 Å². The largest absolute Gasteiger partial charge is 0.481 e. The number of aliphatic carboxylic acids is 2. The van der Waals surface area contributed by atoms with Gasteiger partial charge in [0.2, 0.25) is 5.91 Å². The molecule has 1 amide bonds. The number of carbonyl (C=O) groups is 3. The maximum absolute atomic E-state index is 13.9. The maximum atomic E-state index is 13.9. The Morgan fingerprint density at radius 1 is 1.03 bits per heavy atom. The molecule has 4 N–H and O–H groups in total. The third kappa shape index (κ3) is 5.99. The highest BCUT2D eigenvalue weighted by Gasteiger charge is 2.48. The number of carboxylic acid groups (broad SMARTS) is 2. The monoisotopic (exact) mass is 452 g/mol. The van der Waals surface area contributed by atoms with E-state index >= 15 is 0 Å². The predicted molar refractivity (Wildman–Crippen MR) is 126 cm³/mol. The van der Waals surface area contributed by atoms with E-state index in [1.807, 2.05) is 54.6 Å². The summed E-state index contributed by atoms with van der Waals surface area (Å²) >= 11 is 0. The Bertz CT molecular complexity index is 978. The Morgan fingerprint density at radius 2 is 1.73 bits per heavy atom. The molecular formula is C26H32N2O5. The maximum Gasteiger partial charge on any atom is 0.308 e. The molecule has 0 aromatic heterocycles. The summed E-state index contributed by atoms with van der Waals surface area (Å²) in [5, 5.41) is 19.0. The first-order valence-corrected chi connectivity index (χ1v) is 11.5. The van der Waals surface area contributed by atoms with Crippen molar-refractivity contribution < 1.29 is 24.6 Å². The summed E-state index contributed by atoms with van der Waals surface area (Å²) in [5.74, 6) is -3.38. The van der Waals surface area contributed by atoms with Gasteiger partial charge in [0.1, 0.15) is 5.54 Å². The molecule has 0 spiro atoms. The molecule has 0 fully saturated rings. The number of carbonyl (C=O) groups excluding carboxylic acids is 1. The van der Waals surface area contributed by atoms with Crippen LogP contribution in [0.3, 0.4) is 0 Å². The van der Waals surface area contributed by atoms with E-state index in [9.17, 15) is 19.5 Å². The highest BCUT2D eigenvalue weighted by molar-refractivity contribution is 6.03. The molecule has 2 unspecified atom stereocenters. The van der Waals surface area contributed by atoms with Gasteiger partial charge >= 0.3 is 11.9 Å². The lowest BCUT2D eigenvalue weighted by Crippen LogP contribution is -2.62. The van der Waals surface area contributed by atoms with Gasteiger partial charge in [0.25, 0.3) is 0 Å². The highest BCUT2D eigenvalue weighted by Crippen LogP contribution is 2.35. The third-order valence-corrected chi connectivity index (χ3v) is 6.47. The topological polar surface area (TPSA) is 121 Å². The molecule has 7 heteroatoms. The van der Waals surface area contributed by atoms with Crippen molar-refractivity contribution in [3.8, 4) is 0 Å². The van der Waals surface area contributed by atoms with Gasteiger partial charge in [-0.05, 0) is 62.1 Å². The number of unbranched alkanes of at least 4 members (excludes halogenated alkanes) is 1. The molecule has 2 atom stereocenters. The summed E-state index contributed by atoms with van der Waals surface area (Å²) in [7, 11) is 0. The Kier molecular flexibility index (Phi) is 8.22. The number of hydrogen-bond acceptors (Lipinski definition) is 4. The number of anilines is 1. The molecule has 2 aromatic carbocycles. The first-order valence-electron chi connectivity index (χ1n) is 11.5. The zero-order valence-electron chi connectivity index (χ0n) is 18.8. The number of fused-ring (bicyclic) bond motifs is 1. The van der Waals surface area contributed by atoms with E-state index in [2.05, 4.69) is 0 Å². The van der Waals surface area contributed by atoms with Crippen LogP contribution in [0.5, 0.6) is 0 Å². The van der Waals surface area contributed by atoms with Gasteiger partial charge in [-0.2, -0.15) is 0 Å². The summed E-state index contributed by atoms with van der Waals surface area (Å²) in [6.45, 7) is 0.299. The van der Waals surface area contributed by atoms with Crippen LogP contribution in [0.4, 0.5) is 5.69 Å². The number of para-hydroxylation sites is 1. The van der Waals surface area contributed by atoms with Crippen LogP contribution in [0.2, 0.25) is 0 Å². The summed E-state index contributed by atoms with van der Waals surface area (Å²) in [5.41, 5.74) is 7.93. The van der Waals surface area contributed by atoms with E-state index < -0.39 is 29.3 Å². The van der Waals surface area contributed by atoms with Gasteiger partial charge in [-0.25, -0.2) is 0 Å². The average molecular weight is 453 g/mol. The van der Waals surface area contributed by atoms with Crippen LogP contribution in [0.25, 0.3) is 0 Å². The van der Waals surface area contributed by atoms with Crippen LogP contribution >= 0.6 is 0 Å². The van der Waals surface area contributed by atoms with Crippen molar-refractivity contribution in [2.45, 2.75) is 56.9 Å². The van der Waals surface area contributed by atoms with Crippen LogP contribution in [-0.4, -0.2) is 40.1 Å². The lowest BCUT2D eigenvalue weighted by molar-refractivity contribution is -0.148. The summed E-state index contributed by atoms with van der Waals surface area (Å²) in [4.78, 5) is 38.7.